The van der Waals surface area contributed by atoms with Crippen molar-refractivity contribution in [2.75, 3.05) is 0 Å². The molecule has 1 aromatic carbocycles. The van der Waals surface area contributed by atoms with Crippen molar-refractivity contribution in [3.63, 3.8) is 0 Å². The molecular weight excluding hydrogens is 318 g/mol. The number of hydrogen-bond acceptors (Lipinski definition) is 2. The molecule has 0 bridgehead atoms. The molecule has 1 N–H and O–H groups in total. The molecule has 3 atom stereocenters. The van der Waals surface area contributed by atoms with Crippen LogP contribution >= 0.6 is 15.9 Å². The van der Waals surface area contributed by atoms with Crippen LogP contribution in [-0.4, -0.2) is 11.8 Å². The molecule has 1 aliphatic heterocycles. The Morgan fingerprint density at radius 2 is 2.05 bits per heavy atom. The minimum absolute atomic E-state index is 0.118. The van der Waals surface area contributed by atoms with Crippen molar-refractivity contribution in [2.45, 2.75) is 38.5 Å². The predicted octanol–water partition coefficient (Wildman–Crippen LogP) is 3.39. The third-order valence-electron chi connectivity index (χ3n) is 4.76. The summed E-state index contributed by atoms with van der Waals surface area (Å²) in [6.07, 6.45) is 3.48. The molecule has 3 nitrogen and oxygen atoms in total. The van der Waals surface area contributed by atoms with E-state index in [1.807, 2.05) is 24.3 Å². The maximum Gasteiger partial charge on any atom is 0.234 e. The molecular formula is C16H18BrNO2. The lowest BCUT2D eigenvalue weighted by Crippen LogP contribution is -2.50. The van der Waals surface area contributed by atoms with Crippen molar-refractivity contribution >= 4 is 27.7 Å². The summed E-state index contributed by atoms with van der Waals surface area (Å²) < 4.78 is 0.952. The van der Waals surface area contributed by atoms with Crippen LogP contribution in [0.3, 0.4) is 0 Å². The number of benzene rings is 1. The molecule has 20 heavy (non-hydrogen) atoms. The Morgan fingerprint density at radius 3 is 2.70 bits per heavy atom. The summed E-state index contributed by atoms with van der Waals surface area (Å²) >= 11 is 3.56. The van der Waals surface area contributed by atoms with Crippen molar-refractivity contribution in [3.8, 4) is 0 Å². The van der Waals surface area contributed by atoms with Gasteiger partial charge in [-0.1, -0.05) is 47.5 Å². The second kappa shape index (κ2) is 4.99. The molecule has 2 aliphatic rings. The fraction of sp³-hybridized carbons (Fsp3) is 0.500. The molecule has 1 aliphatic carbocycles. The number of amides is 2. The topological polar surface area (TPSA) is 46.2 Å². The fourth-order valence-corrected chi connectivity index (χ4v) is 4.50. The van der Waals surface area contributed by atoms with Crippen LogP contribution in [0.2, 0.25) is 0 Å². The first-order valence-corrected chi connectivity index (χ1v) is 7.89. The van der Waals surface area contributed by atoms with Gasteiger partial charge in [0.05, 0.1) is 5.92 Å². The van der Waals surface area contributed by atoms with Crippen LogP contribution in [0, 0.1) is 11.3 Å². The van der Waals surface area contributed by atoms with Gasteiger partial charge in [0.2, 0.25) is 11.8 Å². The van der Waals surface area contributed by atoms with Crippen LogP contribution in [0.15, 0.2) is 28.7 Å². The van der Waals surface area contributed by atoms with Crippen LogP contribution in [-0.2, 0) is 9.59 Å². The van der Waals surface area contributed by atoms with Crippen molar-refractivity contribution < 1.29 is 9.59 Å². The van der Waals surface area contributed by atoms with Gasteiger partial charge in [0.15, 0.2) is 0 Å². The highest BCUT2D eigenvalue weighted by Crippen LogP contribution is 2.55. The number of carbonyl (C=O) groups excluding carboxylic acids is 2. The zero-order chi connectivity index (χ0) is 14.3. The number of halogens is 1. The van der Waals surface area contributed by atoms with Gasteiger partial charge in [0, 0.05) is 10.9 Å². The summed E-state index contributed by atoms with van der Waals surface area (Å²) in [7, 11) is 0. The Kier molecular flexibility index (Phi) is 3.44. The van der Waals surface area contributed by atoms with Crippen LogP contribution in [0.5, 0.6) is 0 Å². The lowest BCUT2D eigenvalue weighted by atomic mass is 9.66. The van der Waals surface area contributed by atoms with E-state index in [1.54, 1.807) is 0 Å². The lowest BCUT2D eigenvalue weighted by molar-refractivity contribution is -0.140. The SMILES string of the molecule is CC1CCC2(CC(=O)NC(=O)C2c2ccccc2Br)C1. The minimum Gasteiger partial charge on any atom is -0.296 e. The molecule has 0 radical (unpaired) electrons. The molecule has 2 fully saturated rings. The molecule has 0 aromatic heterocycles. The van der Waals surface area contributed by atoms with Gasteiger partial charge in [-0.25, -0.2) is 0 Å². The van der Waals surface area contributed by atoms with Gasteiger partial charge < -0.3 is 0 Å². The Morgan fingerprint density at radius 1 is 1.30 bits per heavy atom. The third-order valence-corrected chi connectivity index (χ3v) is 5.48. The molecule has 2 amide bonds. The fourth-order valence-electron chi connectivity index (χ4n) is 3.99. The highest BCUT2D eigenvalue weighted by atomic mass is 79.9. The zero-order valence-electron chi connectivity index (χ0n) is 11.5. The lowest BCUT2D eigenvalue weighted by Gasteiger charge is -2.40. The first-order valence-electron chi connectivity index (χ1n) is 7.10. The minimum atomic E-state index is -0.222. The second-order valence-corrected chi connectivity index (χ2v) is 7.11. The average Bonchev–Trinajstić information content (AvgIpc) is 2.72. The molecule has 106 valence electrons. The smallest absolute Gasteiger partial charge is 0.234 e. The van der Waals surface area contributed by atoms with Crippen LogP contribution in [0.25, 0.3) is 0 Å². The van der Waals surface area contributed by atoms with E-state index in [1.165, 1.54) is 0 Å². The normalized spacial score (nSPS) is 33.5. The van der Waals surface area contributed by atoms with Crippen LogP contribution in [0.4, 0.5) is 0 Å². The van der Waals surface area contributed by atoms with Crippen molar-refractivity contribution in [1.82, 2.24) is 5.32 Å². The number of nitrogens with one attached hydrogen (secondary N) is 1. The van der Waals surface area contributed by atoms with E-state index in [0.29, 0.717) is 12.3 Å². The van der Waals surface area contributed by atoms with E-state index in [2.05, 4.69) is 28.2 Å². The van der Waals surface area contributed by atoms with Gasteiger partial charge in [-0.05, 0) is 35.8 Å². The Hall–Kier alpha value is -1.16. The predicted molar refractivity (Wildman–Crippen MR) is 80.1 cm³/mol. The highest BCUT2D eigenvalue weighted by Gasteiger charge is 2.52. The summed E-state index contributed by atoms with van der Waals surface area (Å²) in [6.45, 7) is 2.21. The van der Waals surface area contributed by atoms with E-state index < -0.39 is 0 Å². The first-order chi connectivity index (χ1) is 9.52. The van der Waals surface area contributed by atoms with E-state index in [0.717, 1.165) is 29.3 Å². The van der Waals surface area contributed by atoms with Gasteiger partial charge >= 0.3 is 0 Å². The number of hydrogen-bond donors (Lipinski definition) is 1. The van der Waals surface area contributed by atoms with Gasteiger partial charge in [-0.3, -0.25) is 14.9 Å². The summed E-state index contributed by atoms with van der Waals surface area (Å²) in [5.41, 5.74) is 0.814. The van der Waals surface area contributed by atoms with Gasteiger partial charge in [-0.15, -0.1) is 0 Å². The van der Waals surface area contributed by atoms with Gasteiger partial charge in [0.25, 0.3) is 0 Å². The Bertz CT molecular complexity index is 571. The molecule has 3 unspecified atom stereocenters. The zero-order valence-corrected chi connectivity index (χ0v) is 13.1. The van der Waals surface area contributed by atoms with E-state index >= 15 is 0 Å². The Labute approximate surface area is 127 Å². The van der Waals surface area contributed by atoms with Crippen molar-refractivity contribution in [1.29, 1.82) is 0 Å². The summed E-state index contributed by atoms with van der Waals surface area (Å²) in [5.74, 6) is 0.106. The van der Waals surface area contributed by atoms with E-state index in [9.17, 15) is 9.59 Å². The molecule has 1 aromatic rings. The van der Waals surface area contributed by atoms with Gasteiger partial charge in [-0.2, -0.15) is 0 Å². The number of carbonyl (C=O) groups is 2. The standard InChI is InChI=1S/C16H18BrNO2/c1-10-6-7-16(8-10)9-13(19)18-15(20)14(16)11-4-2-3-5-12(11)17/h2-5,10,14H,6-9H2,1H3,(H,18,19,20). The summed E-state index contributed by atoms with van der Waals surface area (Å²) in [4.78, 5) is 24.3. The summed E-state index contributed by atoms with van der Waals surface area (Å²) in [5, 5.41) is 2.52. The second-order valence-electron chi connectivity index (χ2n) is 6.25. The molecule has 1 heterocycles. The third kappa shape index (κ3) is 2.20. The van der Waals surface area contributed by atoms with E-state index in [-0.39, 0.29) is 23.1 Å². The number of imide groups is 1. The molecule has 1 spiro atoms. The molecule has 3 rings (SSSR count). The highest BCUT2D eigenvalue weighted by molar-refractivity contribution is 9.10. The van der Waals surface area contributed by atoms with Crippen LogP contribution in [0.1, 0.15) is 44.1 Å². The maximum atomic E-state index is 12.5. The molecule has 4 heteroatoms. The molecule has 1 saturated carbocycles. The van der Waals surface area contributed by atoms with E-state index in [4.69, 9.17) is 0 Å². The number of piperidine rings is 1. The average molecular weight is 336 g/mol. The van der Waals surface area contributed by atoms with Crippen molar-refractivity contribution in [2.24, 2.45) is 11.3 Å². The Balaban J connectivity index is 2.07. The quantitative estimate of drug-likeness (QED) is 0.799. The van der Waals surface area contributed by atoms with Crippen molar-refractivity contribution in [3.05, 3.63) is 34.3 Å². The summed E-state index contributed by atoms with van der Waals surface area (Å²) in [6, 6.07) is 7.86. The first kappa shape index (κ1) is 13.8. The van der Waals surface area contributed by atoms with Crippen LogP contribution < -0.4 is 5.32 Å². The monoisotopic (exact) mass is 335 g/mol. The maximum absolute atomic E-state index is 12.5. The van der Waals surface area contributed by atoms with Gasteiger partial charge in [0.1, 0.15) is 0 Å². The molecule has 1 saturated heterocycles. The largest absolute Gasteiger partial charge is 0.296 e. The number of rotatable bonds is 1.